The lowest BCUT2D eigenvalue weighted by atomic mass is 9.98. The lowest BCUT2D eigenvalue weighted by Gasteiger charge is -2.19. The van der Waals surface area contributed by atoms with Crippen LogP contribution in [0.5, 0.6) is 0 Å². The minimum absolute atomic E-state index is 0.0391. The fourth-order valence-electron chi connectivity index (χ4n) is 4.42. The van der Waals surface area contributed by atoms with Gasteiger partial charge in [0.25, 0.3) is 0 Å². The van der Waals surface area contributed by atoms with Gasteiger partial charge in [-0.05, 0) is 53.3 Å². The molecule has 3 aromatic rings. The van der Waals surface area contributed by atoms with Crippen molar-refractivity contribution >= 4 is 23.7 Å². The maximum absolute atomic E-state index is 12.6. The van der Waals surface area contributed by atoms with Crippen molar-refractivity contribution in [2.75, 3.05) is 11.9 Å². The zero-order chi connectivity index (χ0) is 24.9. The average molecular weight is 473 g/mol. The second-order valence-electron chi connectivity index (χ2n) is 8.66. The Kier molecular flexibility index (Phi) is 7.15. The number of amides is 2. The first-order chi connectivity index (χ1) is 16.9. The van der Waals surface area contributed by atoms with Gasteiger partial charge in [0.05, 0.1) is 5.56 Å². The third-order valence-electron chi connectivity index (χ3n) is 6.35. The molecule has 0 fully saturated rings. The molecule has 1 atom stereocenters. The fourth-order valence-corrected chi connectivity index (χ4v) is 4.42. The third kappa shape index (κ3) is 5.35. The zero-order valence-corrected chi connectivity index (χ0v) is 19.7. The van der Waals surface area contributed by atoms with Gasteiger partial charge in [-0.25, -0.2) is 9.59 Å². The van der Waals surface area contributed by atoms with Crippen LogP contribution in [0.2, 0.25) is 0 Å². The number of carboxylic acid groups (broad SMARTS) is 1. The van der Waals surface area contributed by atoms with Crippen LogP contribution >= 0.6 is 0 Å². The standard InChI is InChI=1S/C28H28N2O5/c1-3-19(15-26(31)30-25-14-18(27(32)33)13-12-17(25)2)29-28(34)35-16-24-22-10-6-4-8-20(22)21-9-5-7-11-23(21)24/h4-14,19,24H,3,15-16H2,1-2H3,(H,29,34)(H,30,31)(H,32,33). The first kappa shape index (κ1) is 24.0. The first-order valence-electron chi connectivity index (χ1n) is 11.6. The van der Waals surface area contributed by atoms with Crippen LogP contribution in [-0.4, -0.2) is 35.7 Å². The van der Waals surface area contributed by atoms with Gasteiger partial charge in [-0.3, -0.25) is 4.79 Å². The summed E-state index contributed by atoms with van der Waals surface area (Å²) >= 11 is 0. The van der Waals surface area contributed by atoms with E-state index in [1.807, 2.05) is 31.2 Å². The number of benzene rings is 3. The molecule has 35 heavy (non-hydrogen) atoms. The molecule has 3 aromatic carbocycles. The van der Waals surface area contributed by atoms with E-state index in [0.29, 0.717) is 12.1 Å². The quantitative estimate of drug-likeness (QED) is 0.411. The Labute approximate surface area is 204 Å². The van der Waals surface area contributed by atoms with Gasteiger partial charge in [-0.15, -0.1) is 0 Å². The van der Waals surface area contributed by atoms with E-state index in [2.05, 4.69) is 34.9 Å². The van der Waals surface area contributed by atoms with E-state index in [0.717, 1.165) is 27.8 Å². The summed E-state index contributed by atoms with van der Waals surface area (Å²) in [5, 5.41) is 14.7. The number of fused-ring (bicyclic) bond motifs is 3. The highest BCUT2D eigenvalue weighted by molar-refractivity contribution is 5.95. The predicted octanol–water partition coefficient (Wildman–Crippen LogP) is 5.34. The predicted molar refractivity (Wildman–Crippen MR) is 134 cm³/mol. The Hall–Kier alpha value is -4.13. The van der Waals surface area contributed by atoms with Crippen LogP contribution in [0.4, 0.5) is 10.5 Å². The summed E-state index contributed by atoms with van der Waals surface area (Å²) in [5.41, 5.74) is 5.85. The summed E-state index contributed by atoms with van der Waals surface area (Å²) in [6, 6.07) is 20.4. The van der Waals surface area contributed by atoms with E-state index < -0.39 is 18.1 Å². The molecule has 0 aromatic heterocycles. The molecule has 0 saturated heterocycles. The number of aryl methyl sites for hydroxylation is 1. The molecule has 0 spiro atoms. The van der Waals surface area contributed by atoms with Gasteiger partial charge in [0.15, 0.2) is 0 Å². The maximum Gasteiger partial charge on any atom is 0.407 e. The van der Waals surface area contributed by atoms with Crippen LogP contribution in [0.15, 0.2) is 66.7 Å². The van der Waals surface area contributed by atoms with Crippen LogP contribution in [0.3, 0.4) is 0 Å². The van der Waals surface area contributed by atoms with Crippen molar-refractivity contribution < 1.29 is 24.2 Å². The number of anilines is 1. The molecule has 1 unspecified atom stereocenters. The van der Waals surface area contributed by atoms with Crippen molar-refractivity contribution in [3.63, 3.8) is 0 Å². The molecule has 180 valence electrons. The van der Waals surface area contributed by atoms with Crippen molar-refractivity contribution in [3.8, 4) is 11.1 Å². The molecule has 3 N–H and O–H groups in total. The Balaban J connectivity index is 1.34. The van der Waals surface area contributed by atoms with E-state index in [9.17, 15) is 19.5 Å². The Morgan fingerprint density at radius 3 is 2.20 bits per heavy atom. The highest BCUT2D eigenvalue weighted by Crippen LogP contribution is 2.44. The van der Waals surface area contributed by atoms with Gasteiger partial charge < -0.3 is 20.5 Å². The monoisotopic (exact) mass is 472 g/mol. The molecular formula is C28H28N2O5. The van der Waals surface area contributed by atoms with Crippen LogP contribution < -0.4 is 10.6 Å². The Bertz CT molecular complexity index is 1220. The SMILES string of the molecule is CCC(CC(=O)Nc1cc(C(=O)O)ccc1C)NC(=O)OCC1c2ccccc2-c2ccccc21. The van der Waals surface area contributed by atoms with Crippen LogP contribution in [0, 0.1) is 6.92 Å². The van der Waals surface area contributed by atoms with E-state index in [4.69, 9.17) is 4.74 Å². The molecule has 0 heterocycles. The highest BCUT2D eigenvalue weighted by atomic mass is 16.5. The summed E-state index contributed by atoms with van der Waals surface area (Å²) in [6.07, 6.45) is -0.000932. The van der Waals surface area contributed by atoms with Crippen molar-refractivity contribution in [2.45, 2.75) is 38.6 Å². The number of hydrogen-bond donors (Lipinski definition) is 3. The Morgan fingerprint density at radius 2 is 1.60 bits per heavy atom. The number of carbonyl (C=O) groups is 3. The van der Waals surface area contributed by atoms with E-state index in [1.54, 1.807) is 13.0 Å². The summed E-state index contributed by atoms with van der Waals surface area (Å²) in [5.74, 6) is -1.42. The molecule has 2 amide bonds. The van der Waals surface area contributed by atoms with E-state index >= 15 is 0 Å². The van der Waals surface area contributed by atoms with Crippen molar-refractivity contribution in [1.29, 1.82) is 0 Å². The van der Waals surface area contributed by atoms with Crippen LogP contribution in [0.1, 0.15) is 52.7 Å². The van der Waals surface area contributed by atoms with Crippen molar-refractivity contribution in [3.05, 3.63) is 89.0 Å². The average Bonchev–Trinajstić information content (AvgIpc) is 3.17. The molecule has 0 aliphatic heterocycles. The molecule has 4 rings (SSSR count). The number of rotatable bonds is 8. The number of hydrogen-bond acceptors (Lipinski definition) is 4. The lowest BCUT2D eigenvalue weighted by Crippen LogP contribution is -2.38. The number of ether oxygens (including phenoxy) is 1. The van der Waals surface area contributed by atoms with Gasteiger partial charge in [0.1, 0.15) is 6.61 Å². The molecule has 0 saturated carbocycles. The summed E-state index contributed by atoms with van der Waals surface area (Å²) in [4.78, 5) is 36.4. The molecule has 0 bridgehead atoms. The van der Waals surface area contributed by atoms with Gasteiger partial charge in [-0.1, -0.05) is 61.5 Å². The maximum atomic E-state index is 12.6. The highest BCUT2D eigenvalue weighted by Gasteiger charge is 2.29. The number of carboxylic acids is 1. The van der Waals surface area contributed by atoms with Gasteiger partial charge in [0.2, 0.25) is 5.91 Å². The largest absolute Gasteiger partial charge is 0.478 e. The van der Waals surface area contributed by atoms with Gasteiger partial charge in [0, 0.05) is 24.1 Å². The number of alkyl carbamates (subject to hydrolysis) is 1. The van der Waals surface area contributed by atoms with E-state index in [1.165, 1.54) is 12.1 Å². The number of carbonyl (C=O) groups excluding carboxylic acids is 2. The minimum atomic E-state index is -1.07. The molecule has 1 aliphatic rings. The normalized spacial score (nSPS) is 12.9. The third-order valence-corrected chi connectivity index (χ3v) is 6.35. The first-order valence-corrected chi connectivity index (χ1v) is 11.6. The zero-order valence-electron chi connectivity index (χ0n) is 19.7. The lowest BCUT2D eigenvalue weighted by molar-refractivity contribution is -0.116. The van der Waals surface area contributed by atoms with Gasteiger partial charge in [-0.2, -0.15) is 0 Å². The van der Waals surface area contributed by atoms with Crippen molar-refractivity contribution in [1.82, 2.24) is 5.32 Å². The number of aromatic carboxylic acids is 1. The van der Waals surface area contributed by atoms with Crippen LogP contribution in [0.25, 0.3) is 11.1 Å². The second-order valence-corrected chi connectivity index (χ2v) is 8.66. The van der Waals surface area contributed by atoms with Gasteiger partial charge >= 0.3 is 12.1 Å². The summed E-state index contributed by atoms with van der Waals surface area (Å²) < 4.78 is 5.59. The smallest absolute Gasteiger partial charge is 0.407 e. The second kappa shape index (κ2) is 10.4. The fraction of sp³-hybridized carbons (Fsp3) is 0.250. The molecule has 1 aliphatic carbocycles. The van der Waals surface area contributed by atoms with E-state index in [-0.39, 0.29) is 30.4 Å². The number of nitrogens with one attached hydrogen (secondary N) is 2. The molecule has 7 nitrogen and oxygen atoms in total. The molecule has 7 heteroatoms. The minimum Gasteiger partial charge on any atom is -0.478 e. The molecule has 0 radical (unpaired) electrons. The molecular weight excluding hydrogens is 444 g/mol. The topological polar surface area (TPSA) is 105 Å². The van der Waals surface area contributed by atoms with Crippen LogP contribution in [-0.2, 0) is 9.53 Å². The summed E-state index contributed by atoms with van der Waals surface area (Å²) in [6.45, 7) is 3.86. The Morgan fingerprint density at radius 1 is 0.971 bits per heavy atom. The van der Waals surface area contributed by atoms with Crippen molar-refractivity contribution in [2.24, 2.45) is 0 Å². The summed E-state index contributed by atoms with van der Waals surface area (Å²) in [7, 11) is 0.